The first-order valence-electron chi connectivity index (χ1n) is 9.63. The summed E-state index contributed by atoms with van der Waals surface area (Å²) in [6, 6.07) is 8.25. The van der Waals surface area contributed by atoms with Crippen LogP contribution in [0.1, 0.15) is 30.1 Å². The Hall–Kier alpha value is -2.61. The van der Waals surface area contributed by atoms with E-state index in [0.29, 0.717) is 19.7 Å². The van der Waals surface area contributed by atoms with Crippen molar-refractivity contribution in [1.82, 2.24) is 25.4 Å². The van der Waals surface area contributed by atoms with Gasteiger partial charge in [0, 0.05) is 27.2 Å². The van der Waals surface area contributed by atoms with E-state index < -0.39 is 0 Å². The lowest BCUT2D eigenvalue weighted by Crippen LogP contribution is -2.39. The van der Waals surface area contributed by atoms with E-state index in [9.17, 15) is 0 Å². The summed E-state index contributed by atoms with van der Waals surface area (Å²) < 4.78 is 12.2. The highest BCUT2D eigenvalue weighted by atomic mass is 16.5. The minimum atomic E-state index is 0.478. The molecule has 0 unspecified atom stereocenters. The molecule has 0 spiro atoms. The number of methoxy groups -OCH3 is 2. The molecule has 0 fully saturated rings. The Morgan fingerprint density at radius 1 is 1.07 bits per heavy atom. The molecule has 154 valence electrons. The Labute approximate surface area is 167 Å². The van der Waals surface area contributed by atoms with E-state index >= 15 is 0 Å². The summed E-state index contributed by atoms with van der Waals surface area (Å²) in [7, 11) is 5.32. The fourth-order valence-corrected chi connectivity index (χ4v) is 2.64. The number of nitrogens with one attached hydrogen (secondary N) is 2. The van der Waals surface area contributed by atoms with Gasteiger partial charge in [0.25, 0.3) is 0 Å². The first-order valence-corrected chi connectivity index (χ1v) is 9.63. The van der Waals surface area contributed by atoms with Crippen molar-refractivity contribution < 1.29 is 9.47 Å². The van der Waals surface area contributed by atoms with E-state index in [2.05, 4.69) is 38.0 Å². The van der Waals surface area contributed by atoms with Gasteiger partial charge >= 0.3 is 0 Å². The van der Waals surface area contributed by atoms with Crippen molar-refractivity contribution in [3.63, 3.8) is 0 Å². The quantitative estimate of drug-likeness (QED) is 0.347. The zero-order valence-electron chi connectivity index (χ0n) is 17.4. The fourth-order valence-electron chi connectivity index (χ4n) is 2.64. The summed E-state index contributed by atoms with van der Waals surface area (Å²) in [5.41, 5.74) is 1.32. The van der Waals surface area contributed by atoms with Crippen LogP contribution in [0, 0.1) is 6.92 Å². The molecule has 0 aliphatic rings. The largest absolute Gasteiger partial charge is 0.497 e. The number of aliphatic imine (C=N–C) groups is 1. The third-order valence-corrected chi connectivity index (χ3v) is 4.50. The van der Waals surface area contributed by atoms with Gasteiger partial charge in [-0.3, -0.25) is 0 Å². The lowest BCUT2D eigenvalue weighted by Gasteiger charge is -2.12. The standard InChI is InChI=1S/C20H32N6O2/c1-16-24-25-19(26(16)2)15-23-20(22-13-14-27-3)21-12-6-5-7-17-8-10-18(28-4)11-9-17/h8-11H,5-7,12-15H2,1-4H3,(H2,21,22,23). The molecule has 8 heteroatoms. The zero-order chi connectivity index (χ0) is 20.2. The van der Waals surface area contributed by atoms with E-state index in [4.69, 9.17) is 9.47 Å². The highest BCUT2D eigenvalue weighted by Crippen LogP contribution is 2.13. The van der Waals surface area contributed by atoms with Crippen LogP contribution in [0.3, 0.4) is 0 Å². The molecule has 2 aromatic rings. The van der Waals surface area contributed by atoms with Crippen LogP contribution in [-0.2, 0) is 24.8 Å². The summed E-state index contributed by atoms with van der Waals surface area (Å²) >= 11 is 0. The van der Waals surface area contributed by atoms with Gasteiger partial charge in [0.05, 0.1) is 13.7 Å². The molecule has 0 amide bonds. The lowest BCUT2D eigenvalue weighted by atomic mass is 10.1. The Kier molecular flexibility index (Phi) is 9.27. The molecule has 0 saturated heterocycles. The molecule has 8 nitrogen and oxygen atoms in total. The van der Waals surface area contributed by atoms with E-state index in [1.54, 1.807) is 14.2 Å². The van der Waals surface area contributed by atoms with E-state index in [1.807, 2.05) is 30.7 Å². The monoisotopic (exact) mass is 388 g/mol. The SMILES string of the molecule is COCCNC(=NCc1nnc(C)n1C)NCCCCc1ccc(OC)cc1. The number of hydrogen-bond acceptors (Lipinski definition) is 5. The van der Waals surface area contributed by atoms with E-state index in [0.717, 1.165) is 49.2 Å². The van der Waals surface area contributed by atoms with Crippen molar-refractivity contribution in [2.75, 3.05) is 33.9 Å². The number of nitrogens with zero attached hydrogens (tertiary/aromatic N) is 4. The molecule has 0 saturated carbocycles. The number of rotatable bonds is 11. The number of unbranched alkanes of at least 4 members (excludes halogenated alkanes) is 1. The minimum absolute atomic E-state index is 0.478. The fraction of sp³-hybridized carbons (Fsp3) is 0.550. The highest BCUT2D eigenvalue weighted by molar-refractivity contribution is 5.79. The maximum Gasteiger partial charge on any atom is 0.191 e. The second-order valence-corrected chi connectivity index (χ2v) is 6.54. The number of guanidine groups is 1. The molecule has 0 atom stereocenters. The second-order valence-electron chi connectivity index (χ2n) is 6.54. The Bertz CT molecular complexity index is 727. The average Bonchev–Trinajstić information content (AvgIpc) is 3.04. The van der Waals surface area contributed by atoms with Gasteiger partial charge in [0.1, 0.15) is 18.1 Å². The summed E-state index contributed by atoms with van der Waals surface area (Å²) in [5.74, 6) is 3.38. The van der Waals surface area contributed by atoms with Crippen molar-refractivity contribution in [2.45, 2.75) is 32.7 Å². The van der Waals surface area contributed by atoms with Crippen LogP contribution in [0.2, 0.25) is 0 Å². The summed E-state index contributed by atoms with van der Waals surface area (Å²) in [6.45, 7) is 4.59. The van der Waals surface area contributed by atoms with Gasteiger partial charge < -0.3 is 24.7 Å². The Morgan fingerprint density at radius 2 is 1.82 bits per heavy atom. The topological polar surface area (TPSA) is 85.6 Å². The molecule has 2 N–H and O–H groups in total. The van der Waals surface area contributed by atoms with Crippen LogP contribution in [0.4, 0.5) is 0 Å². The molecule has 1 aromatic carbocycles. The predicted octanol–water partition coefficient (Wildman–Crippen LogP) is 1.84. The van der Waals surface area contributed by atoms with Crippen LogP contribution in [0.25, 0.3) is 0 Å². The van der Waals surface area contributed by atoms with Gasteiger partial charge in [-0.25, -0.2) is 4.99 Å². The number of aromatic nitrogens is 3. The number of benzene rings is 1. The number of hydrogen-bond donors (Lipinski definition) is 2. The molecule has 0 aliphatic carbocycles. The summed E-state index contributed by atoms with van der Waals surface area (Å²) in [6.07, 6.45) is 3.21. The van der Waals surface area contributed by atoms with Gasteiger partial charge in [-0.05, 0) is 43.9 Å². The predicted molar refractivity (Wildman–Crippen MR) is 111 cm³/mol. The molecular formula is C20H32N6O2. The molecule has 0 radical (unpaired) electrons. The van der Waals surface area contributed by atoms with Crippen molar-refractivity contribution in [1.29, 1.82) is 0 Å². The summed E-state index contributed by atoms with van der Waals surface area (Å²) in [4.78, 5) is 4.62. The Morgan fingerprint density at radius 3 is 2.46 bits per heavy atom. The van der Waals surface area contributed by atoms with E-state index in [-0.39, 0.29) is 0 Å². The third-order valence-electron chi connectivity index (χ3n) is 4.50. The van der Waals surface area contributed by atoms with Crippen LogP contribution < -0.4 is 15.4 Å². The molecule has 2 rings (SSSR count). The van der Waals surface area contributed by atoms with Gasteiger partial charge in [-0.15, -0.1) is 10.2 Å². The minimum Gasteiger partial charge on any atom is -0.497 e. The van der Waals surface area contributed by atoms with Crippen LogP contribution in [0.5, 0.6) is 5.75 Å². The molecule has 1 heterocycles. The van der Waals surface area contributed by atoms with Crippen LogP contribution in [-0.4, -0.2) is 54.6 Å². The third kappa shape index (κ3) is 7.19. The Balaban J connectivity index is 1.77. The van der Waals surface area contributed by atoms with Crippen LogP contribution in [0.15, 0.2) is 29.3 Å². The normalized spacial score (nSPS) is 11.5. The van der Waals surface area contributed by atoms with E-state index in [1.165, 1.54) is 5.56 Å². The summed E-state index contributed by atoms with van der Waals surface area (Å²) in [5, 5.41) is 14.9. The number of ether oxygens (including phenoxy) is 2. The maximum absolute atomic E-state index is 5.19. The van der Waals surface area contributed by atoms with Crippen molar-refractivity contribution in [3.05, 3.63) is 41.5 Å². The lowest BCUT2D eigenvalue weighted by molar-refractivity contribution is 0.203. The molecule has 0 aliphatic heterocycles. The van der Waals surface area contributed by atoms with Gasteiger partial charge in [0.2, 0.25) is 0 Å². The molecular weight excluding hydrogens is 356 g/mol. The van der Waals surface area contributed by atoms with Gasteiger partial charge in [-0.1, -0.05) is 12.1 Å². The average molecular weight is 389 g/mol. The maximum atomic E-state index is 5.19. The molecule has 1 aromatic heterocycles. The zero-order valence-corrected chi connectivity index (χ0v) is 17.4. The van der Waals surface area contributed by atoms with Crippen molar-refractivity contribution in [2.24, 2.45) is 12.0 Å². The first kappa shape index (κ1) is 21.7. The van der Waals surface area contributed by atoms with Crippen molar-refractivity contribution in [3.8, 4) is 5.75 Å². The highest BCUT2D eigenvalue weighted by Gasteiger charge is 2.05. The molecule has 0 bridgehead atoms. The molecule has 28 heavy (non-hydrogen) atoms. The number of aryl methyl sites for hydroxylation is 2. The smallest absolute Gasteiger partial charge is 0.191 e. The van der Waals surface area contributed by atoms with Gasteiger partial charge in [-0.2, -0.15) is 0 Å². The van der Waals surface area contributed by atoms with Crippen molar-refractivity contribution >= 4 is 5.96 Å². The van der Waals surface area contributed by atoms with Crippen LogP contribution >= 0.6 is 0 Å². The van der Waals surface area contributed by atoms with Gasteiger partial charge in [0.15, 0.2) is 11.8 Å². The second kappa shape index (κ2) is 12.0. The first-order chi connectivity index (χ1) is 13.6.